The van der Waals surface area contributed by atoms with Gasteiger partial charge in [0, 0.05) is 12.6 Å². The van der Waals surface area contributed by atoms with Gasteiger partial charge in [0.2, 0.25) is 15.9 Å². The highest BCUT2D eigenvalue weighted by Crippen LogP contribution is 2.34. The maximum atomic E-state index is 13.7. The molecule has 3 rings (SSSR count). The van der Waals surface area contributed by atoms with Gasteiger partial charge in [0.05, 0.1) is 37.0 Å². The summed E-state index contributed by atoms with van der Waals surface area (Å²) in [6, 6.07) is 15.1. The fourth-order valence-electron chi connectivity index (χ4n) is 3.28. The number of halogens is 4. The van der Waals surface area contributed by atoms with Crippen LogP contribution in [-0.4, -0.2) is 39.4 Å². The van der Waals surface area contributed by atoms with Gasteiger partial charge in [-0.3, -0.25) is 4.79 Å². The summed E-state index contributed by atoms with van der Waals surface area (Å²) in [5.41, 5.74) is -0.738. The predicted octanol–water partition coefficient (Wildman–Crippen LogP) is 5.21. The molecule has 1 amide bonds. The summed E-state index contributed by atoms with van der Waals surface area (Å²) < 4.78 is 77.9. The quantitative estimate of drug-likeness (QED) is 0.401. The lowest BCUT2D eigenvalue weighted by atomic mass is 10.2. The van der Waals surface area contributed by atoms with E-state index in [4.69, 9.17) is 21.1 Å². The van der Waals surface area contributed by atoms with E-state index in [1.807, 2.05) is 0 Å². The van der Waals surface area contributed by atoms with Crippen LogP contribution < -0.4 is 14.8 Å². The van der Waals surface area contributed by atoms with Crippen LogP contribution >= 0.6 is 11.6 Å². The van der Waals surface area contributed by atoms with Crippen molar-refractivity contribution in [3.63, 3.8) is 0 Å². The Bertz CT molecular complexity index is 1340. The standard InChI is InChI=1S/C24H22ClF3N2O5S/c1-34-18-9-11-21(35-2)22(13-18)36(32,33)30(14-16-6-4-3-5-7-16)15-23(31)29-20-12-17(24(26,27)28)8-10-19(20)25/h3-13H,14-15H2,1-2H3,(H,29,31). The average Bonchev–Trinajstić information content (AvgIpc) is 2.84. The molecule has 0 heterocycles. The molecule has 0 fully saturated rings. The van der Waals surface area contributed by atoms with Crippen LogP contribution in [0, 0.1) is 0 Å². The van der Waals surface area contributed by atoms with E-state index in [2.05, 4.69) is 5.32 Å². The number of hydrogen-bond acceptors (Lipinski definition) is 5. The van der Waals surface area contributed by atoms with Crippen molar-refractivity contribution >= 4 is 33.2 Å². The molecular formula is C24H22ClF3N2O5S. The Balaban J connectivity index is 1.97. The zero-order valence-corrected chi connectivity index (χ0v) is 20.7. The molecule has 0 unspecified atom stereocenters. The van der Waals surface area contributed by atoms with Crippen molar-refractivity contribution in [1.29, 1.82) is 0 Å². The number of alkyl halides is 3. The summed E-state index contributed by atoms with van der Waals surface area (Å²) in [5, 5.41) is 2.14. The maximum Gasteiger partial charge on any atom is 0.416 e. The molecule has 0 aliphatic heterocycles. The smallest absolute Gasteiger partial charge is 0.416 e. The van der Waals surface area contributed by atoms with Gasteiger partial charge in [-0.1, -0.05) is 41.9 Å². The average molecular weight is 543 g/mol. The lowest BCUT2D eigenvalue weighted by Gasteiger charge is -2.23. The second kappa shape index (κ2) is 11.2. The molecule has 3 aromatic carbocycles. The number of rotatable bonds is 9. The van der Waals surface area contributed by atoms with Crippen molar-refractivity contribution in [2.24, 2.45) is 0 Å². The van der Waals surface area contributed by atoms with Gasteiger partial charge in [-0.2, -0.15) is 17.5 Å². The van der Waals surface area contributed by atoms with Crippen molar-refractivity contribution in [2.45, 2.75) is 17.6 Å². The van der Waals surface area contributed by atoms with Crippen LogP contribution in [0.3, 0.4) is 0 Å². The highest BCUT2D eigenvalue weighted by Gasteiger charge is 2.32. The Morgan fingerprint density at radius 2 is 1.69 bits per heavy atom. The Morgan fingerprint density at radius 3 is 2.31 bits per heavy atom. The summed E-state index contributed by atoms with van der Waals surface area (Å²) in [4.78, 5) is 12.6. The summed E-state index contributed by atoms with van der Waals surface area (Å²) in [7, 11) is -1.69. The largest absolute Gasteiger partial charge is 0.497 e. The minimum absolute atomic E-state index is 0.0233. The molecule has 0 bridgehead atoms. The van der Waals surface area contributed by atoms with Crippen molar-refractivity contribution in [1.82, 2.24) is 4.31 Å². The number of hydrogen-bond donors (Lipinski definition) is 1. The van der Waals surface area contributed by atoms with Gasteiger partial charge in [-0.05, 0) is 35.9 Å². The number of benzene rings is 3. The zero-order chi connectivity index (χ0) is 26.5. The molecule has 36 heavy (non-hydrogen) atoms. The summed E-state index contributed by atoms with van der Waals surface area (Å²) in [5.74, 6) is -0.623. The molecule has 0 aliphatic carbocycles. The van der Waals surface area contributed by atoms with E-state index in [1.165, 1.54) is 32.4 Å². The summed E-state index contributed by atoms with van der Waals surface area (Å²) >= 11 is 5.97. The molecule has 0 atom stereocenters. The monoisotopic (exact) mass is 542 g/mol. The van der Waals surface area contributed by atoms with Crippen LogP contribution in [0.5, 0.6) is 11.5 Å². The topological polar surface area (TPSA) is 84.9 Å². The lowest BCUT2D eigenvalue weighted by molar-refractivity contribution is -0.137. The number of anilines is 1. The summed E-state index contributed by atoms with van der Waals surface area (Å²) in [6.07, 6.45) is -4.66. The lowest BCUT2D eigenvalue weighted by Crippen LogP contribution is -2.37. The molecule has 12 heteroatoms. The Kier molecular flexibility index (Phi) is 8.49. The molecule has 0 spiro atoms. The van der Waals surface area contributed by atoms with Gasteiger partial charge in [0.15, 0.2) is 0 Å². The number of carbonyl (C=O) groups excluding carboxylic acids is 1. The second-order valence-electron chi connectivity index (χ2n) is 7.52. The van der Waals surface area contributed by atoms with Crippen molar-refractivity contribution in [3.8, 4) is 11.5 Å². The Morgan fingerprint density at radius 1 is 1.00 bits per heavy atom. The molecule has 3 aromatic rings. The van der Waals surface area contributed by atoms with E-state index >= 15 is 0 Å². The number of sulfonamides is 1. The molecule has 1 N–H and O–H groups in total. The third-order valence-corrected chi connectivity index (χ3v) is 7.22. The van der Waals surface area contributed by atoms with Crippen molar-refractivity contribution < 1.29 is 35.9 Å². The van der Waals surface area contributed by atoms with E-state index in [0.717, 1.165) is 16.4 Å². The first kappa shape index (κ1) is 27.3. The fourth-order valence-corrected chi connectivity index (χ4v) is 5.00. The second-order valence-corrected chi connectivity index (χ2v) is 9.83. The number of nitrogens with zero attached hydrogens (tertiary/aromatic N) is 1. The summed E-state index contributed by atoms with van der Waals surface area (Å²) in [6.45, 7) is -0.919. The van der Waals surface area contributed by atoms with Gasteiger partial charge < -0.3 is 14.8 Å². The highest BCUT2D eigenvalue weighted by molar-refractivity contribution is 7.89. The van der Waals surface area contributed by atoms with Crippen LogP contribution in [0.1, 0.15) is 11.1 Å². The minimum Gasteiger partial charge on any atom is -0.497 e. The van der Waals surface area contributed by atoms with E-state index in [9.17, 15) is 26.4 Å². The number of nitrogens with one attached hydrogen (secondary N) is 1. The third kappa shape index (κ3) is 6.48. The molecule has 0 radical (unpaired) electrons. The molecule has 0 saturated carbocycles. The van der Waals surface area contributed by atoms with Crippen LogP contribution in [0.4, 0.5) is 18.9 Å². The molecule has 0 saturated heterocycles. The van der Waals surface area contributed by atoms with Crippen LogP contribution in [0.25, 0.3) is 0 Å². The molecule has 0 aromatic heterocycles. The van der Waals surface area contributed by atoms with Gasteiger partial charge in [0.25, 0.3) is 0 Å². The maximum absolute atomic E-state index is 13.7. The van der Waals surface area contributed by atoms with Gasteiger partial charge in [-0.15, -0.1) is 0 Å². The molecule has 7 nitrogen and oxygen atoms in total. The normalized spacial score (nSPS) is 11.9. The van der Waals surface area contributed by atoms with Gasteiger partial charge >= 0.3 is 6.18 Å². The molecule has 192 valence electrons. The molecule has 0 aliphatic rings. The minimum atomic E-state index is -4.66. The van der Waals surface area contributed by atoms with Crippen LogP contribution in [-0.2, 0) is 27.5 Å². The number of methoxy groups -OCH3 is 2. The first-order valence-electron chi connectivity index (χ1n) is 10.4. The van der Waals surface area contributed by atoms with Crippen molar-refractivity contribution in [2.75, 3.05) is 26.1 Å². The van der Waals surface area contributed by atoms with E-state index < -0.39 is 34.2 Å². The Labute approximate surface area is 211 Å². The fraction of sp³-hybridized carbons (Fsp3) is 0.208. The van der Waals surface area contributed by atoms with Gasteiger partial charge in [-0.25, -0.2) is 8.42 Å². The third-order valence-electron chi connectivity index (χ3n) is 5.08. The van der Waals surface area contributed by atoms with E-state index in [1.54, 1.807) is 30.3 Å². The van der Waals surface area contributed by atoms with Gasteiger partial charge in [0.1, 0.15) is 16.4 Å². The first-order valence-corrected chi connectivity index (χ1v) is 12.2. The van der Waals surface area contributed by atoms with E-state index in [0.29, 0.717) is 11.6 Å². The molecular weight excluding hydrogens is 521 g/mol. The van der Waals surface area contributed by atoms with Crippen molar-refractivity contribution in [3.05, 3.63) is 82.9 Å². The highest BCUT2D eigenvalue weighted by atomic mass is 35.5. The zero-order valence-electron chi connectivity index (χ0n) is 19.2. The van der Waals surface area contributed by atoms with E-state index in [-0.39, 0.29) is 33.6 Å². The number of ether oxygens (including phenoxy) is 2. The van der Waals surface area contributed by atoms with Crippen LogP contribution in [0.2, 0.25) is 5.02 Å². The first-order chi connectivity index (χ1) is 17.0. The Hall–Kier alpha value is -3.28. The van der Waals surface area contributed by atoms with Crippen LogP contribution in [0.15, 0.2) is 71.6 Å². The number of amides is 1. The SMILES string of the molecule is COc1ccc(OC)c(S(=O)(=O)N(CC(=O)Nc2cc(C(F)(F)F)ccc2Cl)Cc2ccccc2)c1. The predicted molar refractivity (Wildman–Crippen MR) is 129 cm³/mol. The number of carbonyl (C=O) groups is 1.